The molecule has 96 valence electrons. The molecule has 0 aliphatic carbocycles. The summed E-state index contributed by atoms with van der Waals surface area (Å²) in [5.41, 5.74) is 4.20. The van der Waals surface area contributed by atoms with Crippen molar-refractivity contribution in [3.8, 4) is 0 Å². The standard InChI is InChI=1S/C15H18INS/c1-3-17-14(9-12-7-8-18-10-12)13-6-4-5-11(2)15(13)16/h4-8,10,14,17H,3,9H2,1-2H3. The minimum atomic E-state index is 0.413. The Hall–Kier alpha value is -0.390. The lowest BCUT2D eigenvalue weighted by molar-refractivity contribution is 0.548. The molecule has 0 fully saturated rings. The van der Waals surface area contributed by atoms with Gasteiger partial charge >= 0.3 is 0 Å². The number of thiophene rings is 1. The Morgan fingerprint density at radius 2 is 2.17 bits per heavy atom. The van der Waals surface area contributed by atoms with Crippen molar-refractivity contribution in [2.24, 2.45) is 0 Å². The molecular formula is C15H18INS. The van der Waals surface area contributed by atoms with Crippen molar-refractivity contribution in [2.75, 3.05) is 6.54 Å². The summed E-state index contributed by atoms with van der Waals surface area (Å²) < 4.78 is 1.39. The van der Waals surface area contributed by atoms with Crippen molar-refractivity contribution < 1.29 is 0 Å². The second kappa shape index (κ2) is 6.68. The van der Waals surface area contributed by atoms with Crippen LogP contribution in [0, 0.1) is 10.5 Å². The fraction of sp³-hybridized carbons (Fsp3) is 0.333. The minimum Gasteiger partial charge on any atom is -0.310 e. The van der Waals surface area contributed by atoms with E-state index < -0.39 is 0 Å². The maximum Gasteiger partial charge on any atom is 0.0371 e. The van der Waals surface area contributed by atoms with Gasteiger partial charge in [0, 0.05) is 9.61 Å². The van der Waals surface area contributed by atoms with Crippen LogP contribution in [0.5, 0.6) is 0 Å². The van der Waals surface area contributed by atoms with E-state index in [1.165, 1.54) is 20.3 Å². The second-order valence-electron chi connectivity index (χ2n) is 4.42. The van der Waals surface area contributed by atoms with Gasteiger partial charge in [0.15, 0.2) is 0 Å². The van der Waals surface area contributed by atoms with Crippen LogP contribution < -0.4 is 5.32 Å². The van der Waals surface area contributed by atoms with Crippen LogP contribution in [-0.2, 0) is 6.42 Å². The topological polar surface area (TPSA) is 12.0 Å². The van der Waals surface area contributed by atoms with Crippen LogP contribution in [0.4, 0.5) is 0 Å². The molecule has 0 saturated carbocycles. The van der Waals surface area contributed by atoms with Crippen LogP contribution >= 0.6 is 33.9 Å². The molecule has 0 saturated heterocycles. The Morgan fingerprint density at radius 1 is 1.33 bits per heavy atom. The number of halogens is 1. The molecule has 0 aliphatic rings. The maximum atomic E-state index is 3.61. The van der Waals surface area contributed by atoms with Crippen LogP contribution in [0.2, 0.25) is 0 Å². The van der Waals surface area contributed by atoms with Gasteiger partial charge in [-0.2, -0.15) is 11.3 Å². The third-order valence-electron chi connectivity index (χ3n) is 3.07. The van der Waals surface area contributed by atoms with E-state index in [0.29, 0.717) is 6.04 Å². The van der Waals surface area contributed by atoms with E-state index in [0.717, 1.165) is 13.0 Å². The predicted molar refractivity (Wildman–Crippen MR) is 88.3 cm³/mol. The first-order valence-electron chi connectivity index (χ1n) is 6.21. The van der Waals surface area contributed by atoms with Gasteiger partial charge in [0.05, 0.1) is 0 Å². The molecule has 0 radical (unpaired) electrons. The normalized spacial score (nSPS) is 12.6. The molecule has 0 bridgehead atoms. The monoisotopic (exact) mass is 371 g/mol. The van der Waals surface area contributed by atoms with E-state index in [2.05, 4.69) is 76.8 Å². The van der Waals surface area contributed by atoms with Crippen molar-refractivity contribution in [1.29, 1.82) is 0 Å². The summed E-state index contributed by atoms with van der Waals surface area (Å²) in [5.74, 6) is 0. The first-order chi connectivity index (χ1) is 8.72. The molecule has 0 aliphatic heterocycles. The number of hydrogen-bond acceptors (Lipinski definition) is 2. The molecule has 1 N–H and O–H groups in total. The molecule has 2 aromatic rings. The second-order valence-corrected chi connectivity index (χ2v) is 6.28. The van der Waals surface area contributed by atoms with Gasteiger partial charge in [-0.1, -0.05) is 25.1 Å². The summed E-state index contributed by atoms with van der Waals surface area (Å²) in [6, 6.07) is 9.21. The molecule has 0 spiro atoms. The van der Waals surface area contributed by atoms with Crippen molar-refractivity contribution in [3.63, 3.8) is 0 Å². The van der Waals surface area contributed by atoms with E-state index in [1.54, 1.807) is 11.3 Å². The lowest BCUT2D eigenvalue weighted by atomic mass is 9.99. The van der Waals surface area contributed by atoms with E-state index in [-0.39, 0.29) is 0 Å². The highest BCUT2D eigenvalue weighted by atomic mass is 127. The average molecular weight is 371 g/mol. The van der Waals surface area contributed by atoms with Gasteiger partial charge in [0.2, 0.25) is 0 Å². The first-order valence-corrected chi connectivity index (χ1v) is 8.24. The molecule has 18 heavy (non-hydrogen) atoms. The van der Waals surface area contributed by atoms with E-state index in [1.807, 2.05) is 0 Å². The van der Waals surface area contributed by atoms with Crippen LogP contribution in [-0.4, -0.2) is 6.54 Å². The van der Waals surface area contributed by atoms with E-state index in [9.17, 15) is 0 Å². The third kappa shape index (κ3) is 3.33. The van der Waals surface area contributed by atoms with Gasteiger partial charge in [-0.25, -0.2) is 0 Å². The van der Waals surface area contributed by atoms with Crippen LogP contribution in [0.1, 0.15) is 29.7 Å². The highest BCUT2D eigenvalue weighted by Crippen LogP contribution is 2.26. The van der Waals surface area contributed by atoms with Gasteiger partial charge in [-0.3, -0.25) is 0 Å². The highest BCUT2D eigenvalue weighted by Gasteiger charge is 2.15. The van der Waals surface area contributed by atoms with Crippen LogP contribution in [0.15, 0.2) is 35.0 Å². The fourth-order valence-corrected chi connectivity index (χ4v) is 3.54. The van der Waals surface area contributed by atoms with Gasteiger partial charge in [-0.15, -0.1) is 0 Å². The molecule has 3 heteroatoms. The Balaban J connectivity index is 2.26. The molecule has 1 atom stereocenters. The first kappa shape index (κ1) is 14.0. The zero-order chi connectivity index (χ0) is 13.0. The van der Waals surface area contributed by atoms with Crippen LogP contribution in [0.25, 0.3) is 0 Å². The smallest absolute Gasteiger partial charge is 0.0371 e. The number of likely N-dealkylation sites (N-methyl/N-ethyl adjacent to an activating group) is 1. The number of nitrogens with one attached hydrogen (secondary N) is 1. The number of aryl methyl sites for hydroxylation is 1. The Kier molecular flexibility index (Phi) is 5.21. The zero-order valence-electron chi connectivity index (χ0n) is 10.7. The summed E-state index contributed by atoms with van der Waals surface area (Å²) in [6.07, 6.45) is 1.07. The SMILES string of the molecule is CCNC(Cc1ccsc1)c1cccc(C)c1I. The summed E-state index contributed by atoms with van der Waals surface area (Å²) >= 11 is 4.24. The van der Waals surface area contributed by atoms with Crippen molar-refractivity contribution in [1.82, 2.24) is 5.32 Å². The third-order valence-corrected chi connectivity index (χ3v) is 5.27. The Labute approximate surface area is 127 Å². The Bertz CT molecular complexity index is 493. The van der Waals surface area contributed by atoms with Gasteiger partial charge in [0.25, 0.3) is 0 Å². The molecule has 1 aromatic carbocycles. The maximum absolute atomic E-state index is 3.61. The quantitative estimate of drug-likeness (QED) is 0.761. The molecule has 0 amide bonds. The van der Waals surface area contributed by atoms with E-state index in [4.69, 9.17) is 0 Å². The van der Waals surface area contributed by atoms with Crippen molar-refractivity contribution >= 4 is 33.9 Å². The summed E-state index contributed by atoms with van der Waals surface area (Å²) in [4.78, 5) is 0. The lowest BCUT2D eigenvalue weighted by Crippen LogP contribution is -2.23. The summed E-state index contributed by atoms with van der Waals surface area (Å²) in [7, 11) is 0. The predicted octanol–water partition coefficient (Wildman–Crippen LogP) is 4.55. The summed E-state index contributed by atoms with van der Waals surface area (Å²) in [5, 5.41) is 8.00. The molecular weight excluding hydrogens is 353 g/mol. The van der Waals surface area contributed by atoms with Crippen molar-refractivity contribution in [3.05, 3.63) is 55.3 Å². The molecule has 1 unspecified atom stereocenters. The van der Waals surface area contributed by atoms with Gasteiger partial charge < -0.3 is 5.32 Å². The average Bonchev–Trinajstić information content (AvgIpc) is 2.85. The van der Waals surface area contributed by atoms with Gasteiger partial charge in [-0.05, 0) is 76.0 Å². The van der Waals surface area contributed by atoms with Gasteiger partial charge in [0.1, 0.15) is 0 Å². The van der Waals surface area contributed by atoms with Crippen molar-refractivity contribution in [2.45, 2.75) is 26.3 Å². The molecule has 1 heterocycles. The number of hydrogen-bond donors (Lipinski definition) is 1. The minimum absolute atomic E-state index is 0.413. The van der Waals surface area contributed by atoms with Crippen LogP contribution in [0.3, 0.4) is 0 Å². The zero-order valence-corrected chi connectivity index (χ0v) is 13.7. The number of benzene rings is 1. The Morgan fingerprint density at radius 3 is 2.83 bits per heavy atom. The largest absolute Gasteiger partial charge is 0.310 e. The summed E-state index contributed by atoms with van der Waals surface area (Å²) in [6.45, 7) is 5.35. The highest BCUT2D eigenvalue weighted by molar-refractivity contribution is 14.1. The fourth-order valence-electron chi connectivity index (χ4n) is 2.12. The lowest BCUT2D eigenvalue weighted by Gasteiger charge is -2.20. The molecule has 1 aromatic heterocycles. The molecule has 1 nitrogen and oxygen atoms in total. The molecule has 2 rings (SSSR count). The van der Waals surface area contributed by atoms with E-state index >= 15 is 0 Å². The number of rotatable bonds is 5.